The van der Waals surface area contributed by atoms with Crippen molar-refractivity contribution < 1.29 is 14.8 Å². The molecule has 0 heterocycles. The Balaban J connectivity index is 2.07. The third-order valence-electron chi connectivity index (χ3n) is 3.97. The van der Waals surface area contributed by atoms with Crippen LogP contribution in [0, 0.1) is 10.1 Å². The lowest BCUT2D eigenvalue weighted by atomic mass is 9.97. The summed E-state index contributed by atoms with van der Waals surface area (Å²) in [5.74, 6) is -0.307. The highest BCUT2D eigenvalue weighted by Crippen LogP contribution is 2.32. The van der Waals surface area contributed by atoms with Crippen molar-refractivity contribution in [1.82, 2.24) is 0 Å². The highest BCUT2D eigenvalue weighted by atomic mass is 16.6. The lowest BCUT2D eigenvalue weighted by Crippen LogP contribution is -2.30. The summed E-state index contributed by atoms with van der Waals surface area (Å²) in [6.07, 6.45) is 3.73. The van der Waals surface area contributed by atoms with Gasteiger partial charge in [0.05, 0.1) is 16.9 Å². The average Bonchev–Trinajstić information content (AvgIpc) is 2.84. The number of carbonyl (C=O) groups is 1. The first kappa shape index (κ1) is 15.4. The quantitative estimate of drug-likeness (QED) is 0.644. The van der Waals surface area contributed by atoms with E-state index < -0.39 is 10.5 Å². The molecule has 0 aromatic heterocycles. The van der Waals surface area contributed by atoms with E-state index in [2.05, 4.69) is 5.32 Å². The van der Waals surface area contributed by atoms with Crippen LogP contribution >= 0.6 is 0 Å². The second-order valence-corrected chi connectivity index (χ2v) is 5.61. The van der Waals surface area contributed by atoms with Gasteiger partial charge in [-0.1, -0.05) is 25.8 Å². The van der Waals surface area contributed by atoms with Crippen LogP contribution in [0.4, 0.5) is 11.4 Å². The van der Waals surface area contributed by atoms with E-state index in [1.165, 1.54) is 6.07 Å². The largest absolute Gasteiger partial charge is 0.389 e. The van der Waals surface area contributed by atoms with Crippen molar-refractivity contribution in [3.8, 4) is 0 Å². The molecule has 114 valence electrons. The van der Waals surface area contributed by atoms with E-state index in [1.54, 1.807) is 12.1 Å². The molecule has 6 nitrogen and oxygen atoms in total. The molecule has 2 N–H and O–H groups in total. The number of nitro groups is 1. The van der Waals surface area contributed by atoms with E-state index in [1.807, 2.05) is 6.92 Å². The number of amides is 1. The number of aryl methyl sites for hydroxylation is 1. The van der Waals surface area contributed by atoms with Crippen molar-refractivity contribution in [2.45, 2.75) is 51.0 Å². The molecule has 6 heteroatoms. The standard InChI is InChI=1S/C15H20N2O4/c1-2-11-5-6-12(9-13(11)17(20)21)16-14(18)10-15(19)7-3-4-8-15/h5-6,9,19H,2-4,7-8,10H2,1H3,(H,16,18). The van der Waals surface area contributed by atoms with Crippen molar-refractivity contribution in [2.24, 2.45) is 0 Å². The van der Waals surface area contributed by atoms with Gasteiger partial charge < -0.3 is 10.4 Å². The van der Waals surface area contributed by atoms with E-state index in [-0.39, 0.29) is 18.0 Å². The van der Waals surface area contributed by atoms with E-state index in [0.29, 0.717) is 30.5 Å². The smallest absolute Gasteiger partial charge is 0.274 e. The molecule has 0 bridgehead atoms. The zero-order chi connectivity index (χ0) is 15.5. The molecule has 1 aliphatic rings. The molecular formula is C15H20N2O4. The fraction of sp³-hybridized carbons (Fsp3) is 0.533. The molecule has 1 saturated carbocycles. The predicted octanol–water partition coefficient (Wildman–Crippen LogP) is 2.79. The van der Waals surface area contributed by atoms with Gasteiger partial charge in [0.15, 0.2) is 0 Å². The lowest BCUT2D eigenvalue weighted by molar-refractivity contribution is -0.385. The molecule has 21 heavy (non-hydrogen) atoms. The summed E-state index contributed by atoms with van der Waals surface area (Å²) < 4.78 is 0. The lowest BCUT2D eigenvalue weighted by Gasteiger charge is -2.21. The van der Waals surface area contributed by atoms with Gasteiger partial charge >= 0.3 is 0 Å². The Bertz CT molecular complexity index is 551. The Hall–Kier alpha value is -1.95. The number of rotatable bonds is 5. The summed E-state index contributed by atoms with van der Waals surface area (Å²) in [4.78, 5) is 22.5. The normalized spacial score (nSPS) is 16.7. The molecule has 1 aromatic rings. The third kappa shape index (κ3) is 3.78. The topological polar surface area (TPSA) is 92.5 Å². The highest BCUT2D eigenvalue weighted by molar-refractivity contribution is 5.91. The van der Waals surface area contributed by atoms with Gasteiger partial charge in [-0.3, -0.25) is 14.9 Å². The van der Waals surface area contributed by atoms with Gasteiger partial charge in [-0.25, -0.2) is 0 Å². The van der Waals surface area contributed by atoms with Gasteiger partial charge in [-0.2, -0.15) is 0 Å². The fourth-order valence-electron chi connectivity index (χ4n) is 2.82. The first-order valence-corrected chi connectivity index (χ1v) is 7.23. The summed E-state index contributed by atoms with van der Waals surface area (Å²) in [5, 5.41) is 23.8. The molecule has 0 saturated heterocycles. The van der Waals surface area contributed by atoms with Crippen molar-refractivity contribution in [3.05, 3.63) is 33.9 Å². The van der Waals surface area contributed by atoms with Crippen LogP contribution in [0.5, 0.6) is 0 Å². The number of nitrogens with zero attached hydrogens (tertiary/aromatic N) is 1. The van der Waals surface area contributed by atoms with Gasteiger partial charge in [0.1, 0.15) is 0 Å². The number of benzene rings is 1. The average molecular weight is 292 g/mol. The number of nitrogens with one attached hydrogen (secondary N) is 1. The number of hydrogen-bond acceptors (Lipinski definition) is 4. The second kappa shape index (κ2) is 6.22. The van der Waals surface area contributed by atoms with Crippen LogP contribution < -0.4 is 5.32 Å². The van der Waals surface area contributed by atoms with Gasteiger partial charge in [-0.15, -0.1) is 0 Å². The number of nitro benzene ring substituents is 1. The first-order chi connectivity index (χ1) is 9.93. The fourth-order valence-corrected chi connectivity index (χ4v) is 2.82. The first-order valence-electron chi connectivity index (χ1n) is 7.23. The number of carbonyl (C=O) groups excluding carboxylic acids is 1. The molecule has 2 rings (SSSR count). The number of aliphatic hydroxyl groups is 1. The maximum atomic E-state index is 12.0. The van der Waals surface area contributed by atoms with Gasteiger partial charge in [-0.05, 0) is 25.3 Å². The maximum Gasteiger partial charge on any atom is 0.274 e. The highest BCUT2D eigenvalue weighted by Gasteiger charge is 2.33. The van der Waals surface area contributed by atoms with Gasteiger partial charge in [0, 0.05) is 17.3 Å². The maximum absolute atomic E-state index is 12.0. The summed E-state index contributed by atoms with van der Waals surface area (Å²) in [7, 11) is 0. The molecule has 1 aromatic carbocycles. The van der Waals surface area contributed by atoms with Crippen molar-refractivity contribution in [1.29, 1.82) is 0 Å². The minimum absolute atomic E-state index is 0.00915. The molecule has 0 aliphatic heterocycles. The van der Waals surface area contributed by atoms with Gasteiger partial charge in [0.2, 0.25) is 5.91 Å². The van der Waals surface area contributed by atoms with Crippen molar-refractivity contribution in [3.63, 3.8) is 0 Å². The number of anilines is 1. The Kier molecular flexibility index (Phi) is 4.57. The van der Waals surface area contributed by atoms with E-state index in [9.17, 15) is 20.0 Å². The zero-order valence-electron chi connectivity index (χ0n) is 12.1. The Morgan fingerprint density at radius 3 is 2.67 bits per heavy atom. The minimum atomic E-state index is -0.917. The zero-order valence-corrected chi connectivity index (χ0v) is 12.1. The molecule has 0 unspecified atom stereocenters. The van der Waals surface area contributed by atoms with Crippen molar-refractivity contribution in [2.75, 3.05) is 5.32 Å². The molecule has 0 spiro atoms. The number of hydrogen-bond donors (Lipinski definition) is 2. The van der Waals surface area contributed by atoms with Crippen LogP contribution in [0.15, 0.2) is 18.2 Å². The van der Waals surface area contributed by atoms with Crippen LogP contribution in [-0.2, 0) is 11.2 Å². The Labute approximate surface area is 123 Å². The van der Waals surface area contributed by atoms with Crippen LogP contribution in [0.2, 0.25) is 0 Å². The summed E-state index contributed by atoms with van der Waals surface area (Å²) in [6, 6.07) is 4.68. The summed E-state index contributed by atoms with van der Waals surface area (Å²) in [5.41, 5.74) is 0.118. The van der Waals surface area contributed by atoms with Crippen molar-refractivity contribution >= 4 is 17.3 Å². The van der Waals surface area contributed by atoms with Crippen LogP contribution in [0.1, 0.15) is 44.6 Å². The monoisotopic (exact) mass is 292 g/mol. The molecule has 1 fully saturated rings. The molecule has 0 atom stereocenters. The minimum Gasteiger partial charge on any atom is -0.389 e. The molecule has 0 radical (unpaired) electrons. The van der Waals surface area contributed by atoms with Gasteiger partial charge in [0.25, 0.3) is 5.69 Å². The van der Waals surface area contributed by atoms with E-state index in [4.69, 9.17) is 0 Å². The third-order valence-corrected chi connectivity index (χ3v) is 3.97. The summed E-state index contributed by atoms with van der Waals surface area (Å²) in [6.45, 7) is 1.84. The summed E-state index contributed by atoms with van der Waals surface area (Å²) >= 11 is 0. The van der Waals surface area contributed by atoms with Crippen LogP contribution in [0.3, 0.4) is 0 Å². The van der Waals surface area contributed by atoms with E-state index in [0.717, 1.165) is 12.8 Å². The SMILES string of the molecule is CCc1ccc(NC(=O)CC2(O)CCCC2)cc1[N+](=O)[O-]. The van der Waals surface area contributed by atoms with Crippen LogP contribution in [-0.4, -0.2) is 21.5 Å². The molecular weight excluding hydrogens is 272 g/mol. The Morgan fingerprint density at radius 2 is 2.10 bits per heavy atom. The second-order valence-electron chi connectivity index (χ2n) is 5.61. The molecule has 1 aliphatic carbocycles. The van der Waals surface area contributed by atoms with Crippen LogP contribution in [0.25, 0.3) is 0 Å². The Morgan fingerprint density at radius 1 is 1.43 bits per heavy atom. The predicted molar refractivity (Wildman–Crippen MR) is 79.1 cm³/mol. The molecule has 1 amide bonds. The van der Waals surface area contributed by atoms with E-state index >= 15 is 0 Å².